The van der Waals surface area contributed by atoms with Gasteiger partial charge in [-0.05, 0) is 30.7 Å². The molecule has 0 amide bonds. The van der Waals surface area contributed by atoms with Crippen molar-refractivity contribution in [2.45, 2.75) is 17.9 Å². The van der Waals surface area contributed by atoms with E-state index >= 15 is 0 Å². The molecule has 5 N–H and O–H groups in total. The van der Waals surface area contributed by atoms with E-state index in [2.05, 4.69) is 20.4 Å². The van der Waals surface area contributed by atoms with Crippen molar-refractivity contribution in [3.63, 3.8) is 0 Å². The van der Waals surface area contributed by atoms with E-state index in [-0.39, 0.29) is 17.2 Å². The maximum Gasteiger partial charge on any atom is 0.271 e. The Morgan fingerprint density at radius 2 is 2.23 bits per heavy atom. The number of phenols is 1. The van der Waals surface area contributed by atoms with Crippen LogP contribution in [0.15, 0.2) is 53.8 Å². The average Bonchev–Trinajstić information content (AvgIpc) is 3.17. The van der Waals surface area contributed by atoms with Gasteiger partial charge in [-0.15, -0.1) is 0 Å². The molecule has 0 radical (unpaired) electrons. The number of aromatic amines is 1. The molecule has 1 aliphatic rings. The van der Waals surface area contributed by atoms with Crippen molar-refractivity contribution in [3.05, 3.63) is 70.7 Å². The number of hydrogen-bond donors (Lipinski definition) is 4. The van der Waals surface area contributed by atoms with Gasteiger partial charge in [0.25, 0.3) is 5.56 Å². The van der Waals surface area contributed by atoms with E-state index in [1.807, 2.05) is 18.3 Å². The highest BCUT2D eigenvalue weighted by Crippen LogP contribution is 2.36. The number of aromatic nitrogens is 4. The third-order valence-electron chi connectivity index (χ3n) is 4.84. The fourth-order valence-corrected chi connectivity index (χ4v) is 3.59. The second kappa shape index (κ2) is 6.40. The summed E-state index contributed by atoms with van der Waals surface area (Å²) in [6, 6.07) is 7.21. The third-order valence-corrected chi connectivity index (χ3v) is 4.84. The number of piperidine rings is 1. The summed E-state index contributed by atoms with van der Waals surface area (Å²) in [5.41, 5.74) is 7.28. The zero-order valence-electron chi connectivity index (χ0n) is 14.1. The summed E-state index contributed by atoms with van der Waals surface area (Å²) in [6.07, 6.45) is 7.06. The van der Waals surface area contributed by atoms with E-state index in [1.165, 1.54) is 12.4 Å². The maximum absolute atomic E-state index is 12.2. The summed E-state index contributed by atoms with van der Waals surface area (Å²) in [5, 5.41) is 17.9. The minimum Gasteiger partial charge on any atom is -0.508 e. The van der Waals surface area contributed by atoms with Crippen molar-refractivity contribution in [3.8, 4) is 11.4 Å². The van der Waals surface area contributed by atoms with Gasteiger partial charge in [0.2, 0.25) is 0 Å². The van der Waals surface area contributed by atoms with Gasteiger partial charge in [-0.1, -0.05) is 0 Å². The minimum absolute atomic E-state index is 0.0642. The van der Waals surface area contributed by atoms with E-state index in [0.29, 0.717) is 25.2 Å². The van der Waals surface area contributed by atoms with Crippen LogP contribution >= 0.6 is 0 Å². The first-order chi connectivity index (χ1) is 12.6. The highest BCUT2D eigenvalue weighted by molar-refractivity contribution is 5.45. The number of nitrogens with two attached hydrogens (primary N) is 1. The van der Waals surface area contributed by atoms with Crippen molar-refractivity contribution in [2.24, 2.45) is 5.73 Å². The predicted molar refractivity (Wildman–Crippen MR) is 96.2 cm³/mol. The van der Waals surface area contributed by atoms with Crippen molar-refractivity contribution in [2.75, 3.05) is 13.1 Å². The molecule has 134 valence electrons. The van der Waals surface area contributed by atoms with Crippen molar-refractivity contribution < 1.29 is 5.11 Å². The van der Waals surface area contributed by atoms with Crippen LogP contribution in [-0.2, 0) is 5.54 Å². The van der Waals surface area contributed by atoms with Gasteiger partial charge in [0, 0.05) is 49.4 Å². The fraction of sp³-hybridized carbons (Fsp3) is 0.278. The van der Waals surface area contributed by atoms with Crippen LogP contribution in [0.4, 0.5) is 0 Å². The molecule has 0 spiro atoms. The van der Waals surface area contributed by atoms with Crippen LogP contribution in [0.1, 0.15) is 23.6 Å². The Balaban J connectivity index is 1.69. The van der Waals surface area contributed by atoms with Crippen LogP contribution in [0.3, 0.4) is 0 Å². The Morgan fingerprint density at radius 1 is 1.35 bits per heavy atom. The second-order valence-corrected chi connectivity index (χ2v) is 6.65. The number of phenolic OH excluding ortho intramolecular Hbond substituents is 1. The normalized spacial score (nSPS) is 23.0. The van der Waals surface area contributed by atoms with Gasteiger partial charge in [0.05, 0.1) is 11.2 Å². The predicted octanol–water partition coefficient (Wildman–Crippen LogP) is 0.592. The molecule has 0 aliphatic carbocycles. The topological polar surface area (TPSA) is 122 Å². The molecule has 2 atom stereocenters. The summed E-state index contributed by atoms with van der Waals surface area (Å²) in [4.78, 5) is 19.0. The summed E-state index contributed by atoms with van der Waals surface area (Å²) in [6.45, 7) is 1.10. The zero-order chi connectivity index (χ0) is 18.1. The van der Waals surface area contributed by atoms with Gasteiger partial charge in [-0.3, -0.25) is 9.78 Å². The molecule has 4 rings (SSSR count). The molecule has 1 aromatic carbocycles. The number of aromatic hydroxyl groups is 1. The Bertz CT molecular complexity index is 968. The van der Waals surface area contributed by atoms with Crippen LogP contribution in [0.5, 0.6) is 5.75 Å². The van der Waals surface area contributed by atoms with Gasteiger partial charge in [0.15, 0.2) is 0 Å². The fourth-order valence-electron chi connectivity index (χ4n) is 3.59. The van der Waals surface area contributed by atoms with Crippen molar-refractivity contribution in [1.82, 2.24) is 25.1 Å². The lowest BCUT2D eigenvalue weighted by Crippen LogP contribution is -2.55. The number of rotatable bonds is 3. The lowest BCUT2D eigenvalue weighted by Gasteiger charge is -2.37. The lowest BCUT2D eigenvalue weighted by molar-refractivity contribution is 0.279. The van der Waals surface area contributed by atoms with E-state index in [1.54, 1.807) is 23.0 Å². The molecule has 2 aromatic heterocycles. The molecule has 26 heavy (non-hydrogen) atoms. The average molecular weight is 352 g/mol. The SMILES string of the molecule is NC1(c2ncc[nH]c2=O)CNCC(c2cc(-n3cccn3)ccc2O)C1. The number of nitrogens with one attached hydrogen (secondary N) is 2. The van der Waals surface area contributed by atoms with Gasteiger partial charge in [0.1, 0.15) is 11.4 Å². The molecule has 1 saturated heterocycles. The molecule has 2 unspecified atom stereocenters. The number of benzene rings is 1. The van der Waals surface area contributed by atoms with Gasteiger partial charge < -0.3 is 21.1 Å². The smallest absolute Gasteiger partial charge is 0.271 e. The molecule has 3 aromatic rings. The van der Waals surface area contributed by atoms with E-state index in [0.717, 1.165) is 11.3 Å². The Kier molecular flexibility index (Phi) is 4.06. The number of hydrogen-bond acceptors (Lipinski definition) is 6. The monoisotopic (exact) mass is 352 g/mol. The quantitative estimate of drug-likeness (QED) is 0.547. The molecule has 0 saturated carbocycles. The van der Waals surface area contributed by atoms with Crippen LogP contribution in [0.2, 0.25) is 0 Å². The Labute approximate surface area is 149 Å². The lowest BCUT2D eigenvalue weighted by atomic mass is 9.78. The van der Waals surface area contributed by atoms with Crippen LogP contribution < -0.4 is 16.6 Å². The molecular weight excluding hydrogens is 332 g/mol. The van der Waals surface area contributed by atoms with Crippen LogP contribution in [0, 0.1) is 0 Å². The van der Waals surface area contributed by atoms with Crippen LogP contribution in [0.25, 0.3) is 5.69 Å². The first-order valence-corrected chi connectivity index (χ1v) is 8.43. The minimum atomic E-state index is -0.911. The van der Waals surface area contributed by atoms with Gasteiger partial charge >= 0.3 is 0 Å². The third kappa shape index (κ3) is 2.89. The summed E-state index contributed by atoms with van der Waals surface area (Å²) in [5.74, 6) is 0.137. The highest BCUT2D eigenvalue weighted by Gasteiger charge is 2.38. The summed E-state index contributed by atoms with van der Waals surface area (Å²) < 4.78 is 1.73. The Morgan fingerprint density at radius 3 is 3.00 bits per heavy atom. The second-order valence-electron chi connectivity index (χ2n) is 6.65. The number of nitrogens with zero attached hydrogens (tertiary/aromatic N) is 3. The molecule has 8 nitrogen and oxygen atoms in total. The molecule has 0 bridgehead atoms. The molecule has 1 fully saturated rings. The number of H-pyrrole nitrogens is 1. The zero-order valence-corrected chi connectivity index (χ0v) is 14.1. The van der Waals surface area contributed by atoms with Gasteiger partial charge in [-0.2, -0.15) is 5.10 Å². The first-order valence-electron chi connectivity index (χ1n) is 8.43. The molecular formula is C18H20N6O2. The van der Waals surface area contributed by atoms with E-state index < -0.39 is 5.54 Å². The highest BCUT2D eigenvalue weighted by atomic mass is 16.3. The van der Waals surface area contributed by atoms with Crippen molar-refractivity contribution in [1.29, 1.82) is 0 Å². The molecule has 3 heterocycles. The van der Waals surface area contributed by atoms with Crippen LogP contribution in [-0.4, -0.2) is 37.9 Å². The maximum atomic E-state index is 12.2. The molecule has 8 heteroatoms. The van der Waals surface area contributed by atoms with E-state index in [4.69, 9.17) is 5.73 Å². The molecule has 1 aliphatic heterocycles. The van der Waals surface area contributed by atoms with Crippen molar-refractivity contribution >= 4 is 0 Å². The summed E-state index contributed by atoms with van der Waals surface area (Å²) >= 11 is 0. The standard InChI is InChI=1S/C18H20N6O2/c19-18(16-17(26)22-6-5-21-16)9-12(10-20-11-18)14-8-13(2-3-15(14)25)24-7-1-4-23-24/h1-8,12,20,25H,9-11,19H2,(H,22,26). The summed E-state index contributed by atoms with van der Waals surface area (Å²) in [7, 11) is 0. The van der Waals surface area contributed by atoms with Gasteiger partial charge in [-0.25, -0.2) is 4.68 Å². The van der Waals surface area contributed by atoms with E-state index in [9.17, 15) is 9.90 Å². The first kappa shape index (κ1) is 16.5. The largest absolute Gasteiger partial charge is 0.508 e. The Hall–Kier alpha value is -2.97.